The van der Waals surface area contributed by atoms with Crippen LogP contribution in [0.5, 0.6) is 0 Å². The van der Waals surface area contributed by atoms with Crippen LogP contribution in [-0.4, -0.2) is 29.1 Å². The van der Waals surface area contributed by atoms with Crippen LogP contribution < -0.4 is 0 Å². The molecule has 1 saturated heterocycles. The van der Waals surface area contributed by atoms with Crippen LogP contribution >= 0.6 is 11.8 Å². The zero-order chi connectivity index (χ0) is 7.52. The monoisotopic (exact) mass is 171 g/mol. The maximum atomic E-state index is 2.68. The van der Waals surface area contributed by atoms with Crippen molar-refractivity contribution in [2.24, 2.45) is 0 Å². The van der Waals surface area contributed by atoms with Crippen molar-refractivity contribution in [1.82, 2.24) is 4.90 Å². The molecule has 0 spiro atoms. The predicted molar refractivity (Wildman–Crippen MR) is 50.9 cm³/mol. The number of thioether (sulfide) groups is 1. The van der Waals surface area contributed by atoms with Gasteiger partial charge in [0.05, 0.1) is 0 Å². The molecule has 0 atom stereocenters. The molecule has 1 aliphatic carbocycles. The summed E-state index contributed by atoms with van der Waals surface area (Å²) in [7, 11) is 0. The van der Waals surface area contributed by atoms with Gasteiger partial charge >= 0.3 is 0 Å². The molecule has 1 heterocycles. The van der Waals surface area contributed by atoms with Gasteiger partial charge in [0.1, 0.15) is 0 Å². The number of nitrogens with zero attached hydrogens (tertiary/aromatic N) is 1. The van der Waals surface area contributed by atoms with Crippen molar-refractivity contribution in [3.05, 3.63) is 0 Å². The van der Waals surface area contributed by atoms with E-state index in [1.165, 1.54) is 50.3 Å². The van der Waals surface area contributed by atoms with Crippen molar-refractivity contribution < 1.29 is 0 Å². The molecule has 0 aromatic heterocycles. The first-order chi connectivity index (χ1) is 5.47. The molecule has 64 valence electrons. The standard InChI is InChI=1S/C9H17NS/c1-2-4-9(5-3-1)10-6-7-11-8-10/h9H,1-8H2. The van der Waals surface area contributed by atoms with Gasteiger partial charge in [-0.05, 0) is 12.8 Å². The first-order valence-electron chi connectivity index (χ1n) is 4.78. The third-order valence-corrected chi connectivity index (χ3v) is 3.86. The zero-order valence-corrected chi connectivity index (χ0v) is 7.91. The maximum Gasteiger partial charge on any atom is 0.0448 e. The van der Waals surface area contributed by atoms with Crippen molar-refractivity contribution in [1.29, 1.82) is 0 Å². The van der Waals surface area contributed by atoms with E-state index in [1.54, 1.807) is 0 Å². The Balaban J connectivity index is 1.82. The van der Waals surface area contributed by atoms with Crippen LogP contribution in [0, 0.1) is 0 Å². The second-order valence-electron chi connectivity index (χ2n) is 3.64. The molecule has 0 radical (unpaired) electrons. The lowest BCUT2D eigenvalue weighted by Gasteiger charge is -2.29. The van der Waals surface area contributed by atoms with Crippen molar-refractivity contribution >= 4 is 11.8 Å². The summed E-state index contributed by atoms with van der Waals surface area (Å²) in [5.74, 6) is 2.68. The van der Waals surface area contributed by atoms with Gasteiger partial charge in [0.25, 0.3) is 0 Å². The van der Waals surface area contributed by atoms with Gasteiger partial charge < -0.3 is 0 Å². The average Bonchev–Trinajstić information content (AvgIpc) is 2.58. The smallest absolute Gasteiger partial charge is 0.0448 e. The van der Waals surface area contributed by atoms with Gasteiger partial charge in [-0.15, -0.1) is 11.8 Å². The van der Waals surface area contributed by atoms with Crippen molar-refractivity contribution in [2.75, 3.05) is 18.2 Å². The number of hydrogen-bond acceptors (Lipinski definition) is 2. The van der Waals surface area contributed by atoms with E-state index in [1.807, 2.05) is 0 Å². The van der Waals surface area contributed by atoms with E-state index in [2.05, 4.69) is 16.7 Å². The van der Waals surface area contributed by atoms with Crippen molar-refractivity contribution in [3.8, 4) is 0 Å². The molecule has 0 unspecified atom stereocenters. The molecule has 1 saturated carbocycles. The lowest BCUT2D eigenvalue weighted by atomic mass is 9.95. The second kappa shape index (κ2) is 3.81. The van der Waals surface area contributed by atoms with Gasteiger partial charge in [-0.1, -0.05) is 19.3 Å². The van der Waals surface area contributed by atoms with E-state index >= 15 is 0 Å². The summed E-state index contributed by atoms with van der Waals surface area (Å²) in [5, 5.41) is 0. The van der Waals surface area contributed by atoms with E-state index in [9.17, 15) is 0 Å². The summed E-state index contributed by atoms with van der Waals surface area (Å²) >= 11 is 2.10. The van der Waals surface area contributed by atoms with E-state index in [4.69, 9.17) is 0 Å². The highest BCUT2D eigenvalue weighted by Gasteiger charge is 2.23. The summed E-state index contributed by atoms with van der Waals surface area (Å²) in [5.41, 5.74) is 0. The molecule has 1 nitrogen and oxygen atoms in total. The largest absolute Gasteiger partial charge is 0.290 e. The fraction of sp³-hybridized carbons (Fsp3) is 1.00. The lowest BCUT2D eigenvalue weighted by molar-refractivity contribution is 0.201. The van der Waals surface area contributed by atoms with Crippen LogP contribution in [0.1, 0.15) is 32.1 Å². The minimum absolute atomic E-state index is 0.957. The molecule has 0 amide bonds. The number of hydrogen-bond donors (Lipinski definition) is 0. The Morgan fingerprint density at radius 3 is 2.55 bits per heavy atom. The van der Waals surface area contributed by atoms with Crippen LogP contribution in [0.4, 0.5) is 0 Å². The zero-order valence-electron chi connectivity index (χ0n) is 7.09. The normalized spacial score (nSPS) is 29.5. The molecule has 2 aliphatic rings. The highest BCUT2D eigenvalue weighted by molar-refractivity contribution is 7.99. The Hall–Kier alpha value is 0.310. The Morgan fingerprint density at radius 2 is 1.91 bits per heavy atom. The first-order valence-corrected chi connectivity index (χ1v) is 5.94. The molecular formula is C9H17NS. The summed E-state index contributed by atoms with van der Waals surface area (Å²) in [6.07, 6.45) is 7.39. The van der Waals surface area contributed by atoms with Crippen LogP contribution in [0.25, 0.3) is 0 Å². The fourth-order valence-corrected chi connectivity index (χ4v) is 3.23. The molecule has 2 heteroatoms. The minimum atomic E-state index is 0.957. The fourth-order valence-electron chi connectivity index (χ4n) is 2.16. The number of rotatable bonds is 1. The predicted octanol–water partition coefficient (Wildman–Crippen LogP) is 2.33. The highest BCUT2D eigenvalue weighted by Crippen LogP contribution is 2.26. The molecule has 2 rings (SSSR count). The summed E-state index contributed by atoms with van der Waals surface area (Å²) in [6.45, 7) is 1.36. The van der Waals surface area contributed by atoms with Crippen molar-refractivity contribution in [3.63, 3.8) is 0 Å². The van der Waals surface area contributed by atoms with E-state index in [0.717, 1.165) is 6.04 Å². The van der Waals surface area contributed by atoms with Gasteiger partial charge in [0.2, 0.25) is 0 Å². The van der Waals surface area contributed by atoms with Gasteiger partial charge in [-0.25, -0.2) is 0 Å². The van der Waals surface area contributed by atoms with Gasteiger partial charge in [0.15, 0.2) is 0 Å². The lowest BCUT2D eigenvalue weighted by Crippen LogP contribution is -2.34. The molecule has 0 bridgehead atoms. The average molecular weight is 171 g/mol. The molecule has 2 fully saturated rings. The van der Waals surface area contributed by atoms with Crippen LogP contribution in [0.15, 0.2) is 0 Å². The highest BCUT2D eigenvalue weighted by atomic mass is 32.2. The summed E-state index contributed by atoms with van der Waals surface area (Å²) in [4.78, 5) is 2.68. The van der Waals surface area contributed by atoms with Gasteiger partial charge in [-0.3, -0.25) is 4.90 Å². The summed E-state index contributed by atoms with van der Waals surface area (Å²) in [6, 6.07) is 0.957. The Labute approximate surface area is 73.5 Å². The van der Waals surface area contributed by atoms with Crippen molar-refractivity contribution in [2.45, 2.75) is 38.1 Å². The molecule has 11 heavy (non-hydrogen) atoms. The molecular weight excluding hydrogens is 154 g/mol. The Kier molecular flexibility index (Phi) is 2.75. The Morgan fingerprint density at radius 1 is 1.09 bits per heavy atom. The maximum absolute atomic E-state index is 2.68. The molecule has 0 aromatic rings. The minimum Gasteiger partial charge on any atom is -0.290 e. The summed E-state index contributed by atoms with van der Waals surface area (Å²) < 4.78 is 0. The van der Waals surface area contributed by atoms with Crippen LogP contribution in [0.3, 0.4) is 0 Å². The Bertz CT molecular complexity index is 115. The third-order valence-electron chi connectivity index (χ3n) is 2.87. The van der Waals surface area contributed by atoms with E-state index < -0.39 is 0 Å². The van der Waals surface area contributed by atoms with Crippen LogP contribution in [0.2, 0.25) is 0 Å². The second-order valence-corrected chi connectivity index (χ2v) is 4.72. The first kappa shape index (κ1) is 7.93. The SMILES string of the molecule is C1CCC(N2CCSC2)CC1. The van der Waals surface area contributed by atoms with E-state index in [-0.39, 0.29) is 0 Å². The molecule has 0 N–H and O–H groups in total. The third kappa shape index (κ3) is 1.91. The van der Waals surface area contributed by atoms with E-state index in [0.29, 0.717) is 0 Å². The quantitative estimate of drug-likeness (QED) is 0.595. The molecule has 0 aromatic carbocycles. The van der Waals surface area contributed by atoms with Gasteiger partial charge in [0, 0.05) is 24.2 Å². The molecule has 1 aliphatic heterocycles. The van der Waals surface area contributed by atoms with Crippen LogP contribution in [-0.2, 0) is 0 Å². The van der Waals surface area contributed by atoms with Gasteiger partial charge in [-0.2, -0.15) is 0 Å². The topological polar surface area (TPSA) is 3.24 Å².